The normalized spacial score (nSPS) is 24.4. The Morgan fingerprint density at radius 1 is 1.21 bits per heavy atom. The number of anilines is 1. The van der Waals surface area contributed by atoms with Crippen LogP contribution in [0.15, 0.2) is 17.8 Å². The van der Waals surface area contributed by atoms with Crippen LogP contribution < -0.4 is 5.73 Å². The molecule has 19 nitrogen and oxygen atoms in total. The van der Waals surface area contributed by atoms with Gasteiger partial charge in [0.25, 0.3) is 0 Å². The molecule has 0 bridgehead atoms. The third-order valence-corrected chi connectivity index (χ3v) is 7.72. The zero-order valence-electron chi connectivity index (χ0n) is 16.5. The molecule has 0 aromatic carbocycles. The van der Waals surface area contributed by atoms with Crippen molar-refractivity contribution in [2.45, 2.75) is 24.8 Å². The average molecular weight is 539 g/mol. The van der Waals surface area contributed by atoms with E-state index in [1.807, 2.05) is 0 Å². The predicted molar refractivity (Wildman–Crippen MR) is 107 cm³/mol. The van der Waals surface area contributed by atoms with Crippen molar-refractivity contribution in [1.82, 2.24) is 19.5 Å². The average Bonchev–Trinajstić information content (AvgIpc) is 3.22. The number of phosphoric acid groups is 3. The quantitative estimate of drug-likeness (QED) is 0.0943. The van der Waals surface area contributed by atoms with Crippen LogP contribution in [0.3, 0.4) is 0 Å². The van der Waals surface area contributed by atoms with Crippen LogP contribution in [0.2, 0.25) is 0 Å². The largest absolute Gasteiger partial charge is 0.490 e. The summed E-state index contributed by atoms with van der Waals surface area (Å²) < 4.78 is 52.9. The minimum Gasteiger partial charge on any atom is -0.382 e. The molecule has 6 N–H and O–H groups in total. The van der Waals surface area contributed by atoms with Crippen molar-refractivity contribution in [3.05, 3.63) is 23.1 Å². The summed E-state index contributed by atoms with van der Waals surface area (Å²) in [4.78, 5) is 50.4. The van der Waals surface area contributed by atoms with Gasteiger partial charge >= 0.3 is 23.5 Å². The Bertz CT molecular complexity index is 1200. The van der Waals surface area contributed by atoms with Crippen LogP contribution in [0.25, 0.3) is 21.6 Å². The van der Waals surface area contributed by atoms with Gasteiger partial charge in [0.05, 0.1) is 25.1 Å². The van der Waals surface area contributed by atoms with E-state index >= 15 is 0 Å². The number of imidazole rings is 1. The molecule has 177 valence electrons. The molecule has 23 heteroatoms. The van der Waals surface area contributed by atoms with Gasteiger partial charge in [-0.05, 0) is 5.53 Å². The number of hydrogen-bond acceptors (Lipinski definition) is 12. The number of aromatic nitrogens is 4. The van der Waals surface area contributed by atoms with Gasteiger partial charge < -0.3 is 30.0 Å². The van der Waals surface area contributed by atoms with E-state index in [0.717, 1.165) is 0 Å². The Kier molecular flexibility index (Phi) is 9.21. The van der Waals surface area contributed by atoms with Crippen LogP contribution in [-0.4, -0.2) is 87.4 Å². The van der Waals surface area contributed by atoms with Crippen LogP contribution in [0, 0.1) is 0 Å². The molecule has 3 rings (SSSR count). The van der Waals surface area contributed by atoms with E-state index < -0.39 is 48.4 Å². The summed E-state index contributed by atoms with van der Waals surface area (Å²) in [5.74, 6) is 0.113. The first-order valence-electron chi connectivity index (χ1n) is 8.21. The van der Waals surface area contributed by atoms with Gasteiger partial charge in [-0.2, -0.15) is 8.62 Å². The number of fused-ring (bicyclic) bond motifs is 1. The van der Waals surface area contributed by atoms with E-state index in [1.165, 1.54) is 17.2 Å². The third kappa shape index (κ3) is 7.50. The molecule has 2 aromatic heterocycles. The SMILES string of the molecule is [N-]=[N+]=N[C@H]1C[C@H](n2cnc3c(N)ncnc32)O[C@@H]1COP(=O)(O)OP(=O)(O)OP(=O)(O)O.[Na]. The summed E-state index contributed by atoms with van der Waals surface area (Å²) in [7, 11) is -16.6. The minimum absolute atomic E-state index is 0. The number of nitrogen functional groups attached to an aromatic ring is 1. The molecule has 0 aliphatic carbocycles. The maximum absolute atomic E-state index is 11.9. The van der Waals surface area contributed by atoms with Gasteiger partial charge in [0.15, 0.2) is 11.5 Å². The first-order chi connectivity index (χ1) is 14.8. The fourth-order valence-electron chi connectivity index (χ4n) is 2.78. The molecule has 3 heterocycles. The summed E-state index contributed by atoms with van der Waals surface area (Å²) >= 11 is 0. The molecule has 0 saturated carbocycles. The van der Waals surface area contributed by atoms with Gasteiger partial charge in [-0.3, -0.25) is 9.09 Å². The van der Waals surface area contributed by atoms with E-state index in [1.54, 1.807) is 0 Å². The summed E-state index contributed by atoms with van der Waals surface area (Å²) in [5, 5.41) is 3.53. The molecule has 1 radical (unpaired) electrons. The molecule has 1 aliphatic heterocycles. The van der Waals surface area contributed by atoms with Gasteiger partial charge in [-0.15, -0.1) is 0 Å². The van der Waals surface area contributed by atoms with E-state index in [4.69, 9.17) is 25.8 Å². The van der Waals surface area contributed by atoms with Crippen LogP contribution >= 0.6 is 23.5 Å². The minimum atomic E-state index is -5.67. The Labute approximate surface area is 205 Å². The molecule has 1 saturated heterocycles. The Hall–Kier alpha value is -0.970. The second-order valence-electron chi connectivity index (χ2n) is 6.11. The van der Waals surface area contributed by atoms with E-state index in [2.05, 4.69) is 38.1 Å². The topological polar surface area (TPSA) is 287 Å². The summed E-state index contributed by atoms with van der Waals surface area (Å²) in [6.07, 6.45) is 0.640. The van der Waals surface area contributed by atoms with E-state index in [9.17, 15) is 23.5 Å². The standard InChI is InChI=1S/C10H15N8O11P3.Na/c11-9-8-10(14-3-13-9)18(4-15-8)7-1-5(16-17-12)6(27-7)2-26-31(22,23)29-32(24,25)28-30(19,20)21;/h3-7H,1-2H2,(H,22,23)(H,24,25)(H2,11,13,14)(H2,19,20,21);/t5-,6+,7+;/m0./s1. The second kappa shape index (κ2) is 10.7. The number of hydrogen-bond donors (Lipinski definition) is 5. The predicted octanol–water partition coefficient (Wildman–Crippen LogP) is 0.337. The Morgan fingerprint density at radius 2 is 1.91 bits per heavy atom. The molecular weight excluding hydrogens is 524 g/mol. The van der Waals surface area contributed by atoms with Crippen molar-refractivity contribution in [3.63, 3.8) is 0 Å². The third-order valence-electron chi connectivity index (χ3n) is 3.92. The van der Waals surface area contributed by atoms with Crippen molar-refractivity contribution >= 4 is 70.0 Å². The number of azide groups is 1. The van der Waals surface area contributed by atoms with Gasteiger partial charge in [0.2, 0.25) is 0 Å². The van der Waals surface area contributed by atoms with Crippen molar-refractivity contribution in [2.75, 3.05) is 12.3 Å². The Balaban J connectivity index is 0.00000385. The summed E-state index contributed by atoms with van der Waals surface area (Å²) in [6, 6.07) is -0.922. The molecule has 1 fully saturated rings. The smallest absolute Gasteiger partial charge is 0.382 e. The molecule has 0 amide bonds. The van der Waals surface area contributed by atoms with Crippen molar-refractivity contribution in [1.29, 1.82) is 0 Å². The van der Waals surface area contributed by atoms with Crippen molar-refractivity contribution in [2.24, 2.45) is 5.11 Å². The monoisotopic (exact) mass is 539 g/mol. The zero-order valence-corrected chi connectivity index (χ0v) is 21.2. The number of phosphoric ester groups is 1. The van der Waals surface area contributed by atoms with Gasteiger partial charge in [0, 0.05) is 40.9 Å². The molecule has 33 heavy (non-hydrogen) atoms. The molecule has 5 atom stereocenters. The van der Waals surface area contributed by atoms with E-state index in [-0.39, 0.29) is 47.3 Å². The number of ether oxygens (including phenoxy) is 1. The molecule has 2 unspecified atom stereocenters. The van der Waals surface area contributed by atoms with Crippen molar-refractivity contribution < 1.29 is 51.2 Å². The number of nitrogens with two attached hydrogens (primary N) is 1. The fraction of sp³-hybridized carbons (Fsp3) is 0.500. The summed E-state index contributed by atoms with van der Waals surface area (Å²) in [5.41, 5.74) is 15.1. The Morgan fingerprint density at radius 3 is 2.55 bits per heavy atom. The molecule has 0 spiro atoms. The first kappa shape index (κ1) is 28.3. The molecule has 1 aliphatic rings. The fourth-order valence-corrected chi connectivity index (χ4v) is 5.81. The zero-order chi connectivity index (χ0) is 23.7. The van der Waals surface area contributed by atoms with Crippen LogP contribution in [0.1, 0.15) is 12.6 Å². The van der Waals surface area contributed by atoms with Crippen molar-refractivity contribution in [3.8, 4) is 0 Å². The maximum atomic E-state index is 11.9. The van der Waals surface area contributed by atoms with Crippen LogP contribution in [0.4, 0.5) is 5.82 Å². The van der Waals surface area contributed by atoms with Crippen LogP contribution in [-0.2, 0) is 31.6 Å². The van der Waals surface area contributed by atoms with Crippen LogP contribution in [0.5, 0.6) is 0 Å². The molecule has 2 aromatic rings. The number of rotatable bonds is 9. The summed E-state index contributed by atoms with van der Waals surface area (Å²) in [6.45, 7) is -0.784. The van der Waals surface area contributed by atoms with Gasteiger partial charge in [0.1, 0.15) is 18.1 Å². The number of nitrogens with zero attached hydrogens (tertiary/aromatic N) is 7. The van der Waals surface area contributed by atoms with Gasteiger partial charge in [-0.1, -0.05) is 5.11 Å². The molecular formula is C10H15N8NaO11P3. The van der Waals surface area contributed by atoms with Gasteiger partial charge in [-0.25, -0.2) is 28.6 Å². The first-order valence-corrected chi connectivity index (χ1v) is 12.7. The second-order valence-corrected chi connectivity index (χ2v) is 10.5. The van der Waals surface area contributed by atoms with E-state index in [0.29, 0.717) is 5.65 Å². The maximum Gasteiger partial charge on any atom is 0.490 e.